The van der Waals surface area contributed by atoms with Gasteiger partial charge in [0.1, 0.15) is 0 Å². The van der Waals surface area contributed by atoms with Gasteiger partial charge in [0.2, 0.25) is 0 Å². The van der Waals surface area contributed by atoms with Crippen LogP contribution in [0.1, 0.15) is 53.4 Å². The molecule has 0 aromatic carbocycles. The molecule has 2 saturated carbocycles. The van der Waals surface area contributed by atoms with E-state index in [1.54, 1.807) is 0 Å². The van der Waals surface area contributed by atoms with Crippen LogP contribution in [0.5, 0.6) is 0 Å². The van der Waals surface area contributed by atoms with Crippen LogP contribution >= 0.6 is 0 Å². The topological polar surface area (TPSA) is 61.4 Å². The molecule has 19 heavy (non-hydrogen) atoms. The van der Waals surface area contributed by atoms with Crippen LogP contribution in [0.25, 0.3) is 0 Å². The molecule has 4 atom stereocenters. The summed E-state index contributed by atoms with van der Waals surface area (Å²) in [6.07, 6.45) is 4.33. The first kappa shape index (κ1) is 14.6. The predicted molar refractivity (Wildman–Crippen MR) is 75.8 cm³/mol. The summed E-state index contributed by atoms with van der Waals surface area (Å²) in [4.78, 5) is 12.0. The van der Waals surface area contributed by atoms with Crippen molar-refractivity contribution in [3.63, 3.8) is 0 Å². The van der Waals surface area contributed by atoms with E-state index in [1.807, 2.05) is 6.92 Å². The fourth-order valence-corrected chi connectivity index (χ4v) is 4.08. The van der Waals surface area contributed by atoms with E-state index in [0.717, 1.165) is 18.8 Å². The molecule has 2 amide bonds. The quantitative estimate of drug-likeness (QED) is 0.732. The lowest BCUT2D eigenvalue weighted by Gasteiger charge is -2.39. The number of hydrogen-bond donors (Lipinski definition) is 3. The molecular formula is C15H28N2O2. The van der Waals surface area contributed by atoms with Gasteiger partial charge in [0.25, 0.3) is 0 Å². The smallest absolute Gasteiger partial charge is 0.315 e. The lowest BCUT2D eigenvalue weighted by Crippen LogP contribution is -2.52. The Morgan fingerprint density at radius 1 is 1.42 bits per heavy atom. The van der Waals surface area contributed by atoms with Crippen LogP contribution in [0.15, 0.2) is 0 Å². The molecule has 0 aromatic heterocycles. The molecule has 2 fully saturated rings. The summed E-state index contributed by atoms with van der Waals surface area (Å²) in [6.45, 7) is 8.96. The zero-order valence-electron chi connectivity index (χ0n) is 12.6. The molecule has 4 unspecified atom stereocenters. The summed E-state index contributed by atoms with van der Waals surface area (Å²) >= 11 is 0. The number of carbonyl (C=O) groups is 1. The largest absolute Gasteiger partial charge is 0.394 e. The second-order valence-electron chi connectivity index (χ2n) is 7.07. The molecule has 0 radical (unpaired) electrons. The molecule has 0 spiro atoms. The molecule has 110 valence electrons. The van der Waals surface area contributed by atoms with Crippen molar-refractivity contribution in [3.05, 3.63) is 0 Å². The number of urea groups is 1. The number of fused-ring (bicyclic) bond motifs is 2. The van der Waals surface area contributed by atoms with Gasteiger partial charge in [0, 0.05) is 6.04 Å². The molecule has 3 N–H and O–H groups in total. The summed E-state index contributed by atoms with van der Waals surface area (Å²) in [5, 5.41) is 15.1. The highest BCUT2D eigenvalue weighted by Gasteiger charge is 2.61. The monoisotopic (exact) mass is 268 g/mol. The van der Waals surface area contributed by atoms with E-state index >= 15 is 0 Å². The second kappa shape index (κ2) is 4.97. The fourth-order valence-electron chi connectivity index (χ4n) is 4.08. The van der Waals surface area contributed by atoms with E-state index in [-0.39, 0.29) is 30.1 Å². The average molecular weight is 268 g/mol. The molecule has 2 bridgehead atoms. The number of rotatable bonds is 4. The number of hydrogen-bond acceptors (Lipinski definition) is 2. The summed E-state index contributed by atoms with van der Waals surface area (Å²) in [7, 11) is 0. The molecule has 2 rings (SSSR count). The summed E-state index contributed by atoms with van der Waals surface area (Å²) in [6, 6.07) is -0.00710. The Kier molecular flexibility index (Phi) is 3.83. The minimum Gasteiger partial charge on any atom is -0.394 e. The Morgan fingerprint density at radius 2 is 2.11 bits per heavy atom. The third kappa shape index (κ3) is 2.24. The first-order valence-electron chi connectivity index (χ1n) is 7.53. The Morgan fingerprint density at radius 3 is 2.53 bits per heavy atom. The van der Waals surface area contributed by atoms with Gasteiger partial charge in [-0.1, -0.05) is 27.7 Å². The van der Waals surface area contributed by atoms with Crippen molar-refractivity contribution in [2.24, 2.45) is 16.7 Å². The van der Waals surface area contributed by atoms with Gasteiger partial charge in [-0.25, -0.2) is 4.79 Å². The SMILES string of the molecule is CCC(CO)NC(=O)NC1CC2CCC1(C)C2(C)C. The van der Waals surface area contributed by atoms with Crippen LogP contribution in [0, 0.1) is 16.7 Å². The van der Waals surface area contributed by atoms with E-state index in [0.29, 0.717) is 5.41 Å². The van der Waals surface area contributed by atoms with E-state index in [1.165, 1.54) is 12.8 Å². The van der Waals surface area contributed by atoms with Gasteiger partial charge in [-0.05, 0) is 42.4 Å². The van der Waals surface area contributed by atoms with Crippen LogP contribution in [0.4, 0.5) is 4.79 Å². The molecular weight excluding hydrogens is 240 g/mol. The number of nitrogens with one attached hydrogen (secondary N) is 2. The lowest BCUT2D eigenvalue weighted by atomic mass is 9.69. The Bertz CT molecular complexity index is 352. The van der Waals surface area contributed by atoms with E-state index in [9.17, 15) is 4.79 Å². The number of aliphatic hydroxyl groups is 1. The molecule has 4 heteroatoms. The molecule has 4 nitrogen and oxygen atoms in total. The minimum atomic E-state index is -0.139. The second-order valence-corrected chi connectivity index (χ2v) is 7.07. The Balaban J connectivity index is 1.96. The maximum absolute atomic E-state index is 12.0. The summed E-state index contributed by atoms with van der Waals surface area (Å²) < 4.78 is 0. The predicted octanol–water partition coefficient (Wildman–Crippen LogP) is 2.27. The number of amides is 2. The fraction of sp³-hybridized carbons (Fsp3) is 0.933. The maximum Gasteiger partial charge on any atom is 0.315 e. The van der Waals surface area contributed by atoms with Crippen molar-refractivity contribution in [3.8, 4) is 0 Å². The van der Waals surface area contributed by atoms with Crippen molar-refractivity contribution in [2.45, 2.75) is 65.5 Å². The van der Waals surface area contributed by atoms with Crippen molar-refractivity contribution in [2.75, 3.05) is 6.61 Å². The molecule has 0 heterocycles. The van der Waals surface area contributed by atoms with Gasteiger partial charge < -0.3 is 15.7 Å². The van der Waals surface area contributed by atoms with Crippen molar-refractivity contribution in [1.29, 1.82) is 0 Å². The normalized spacial score (nSPS) is 37.1. The minimum absolute atomic E-state index is 0.0000272. The average Bonchev–Trinajstić information content (AvgIpc) is 2.69. The zero-order valence-corrected chi connectivity index (χ0v) is 12.6. The molecule has 2 aliphatic rings. The summed E-state index contributed by atoms with van der Waals surface area (Å²) in [5.74, 6) is 0.725. The molecule has 0 saturated heterocycles. The van der Waals surface area contributed by atoms with Gasteiger partial charge in [-0.15, -0.1) is 0 Å². The Hall–Kier alpha value is -0.770. The van der Waals surface area contributed by atoms with Crippen LogP contribution in [-0.2, 0) is 0 Å². The van der Waals surface area contributed by atoms with Gasteiger partial charge in [0.05, 0.1) is 12.6 Å². The highest BCUT2D eigenvalue weighted by molar-refractivity contribution is 5.74. The highest BCUT2D eigenvalue weighted by atomic mass is 16.3. The number of carbonyl (C=O) groups excluding carboxylic acids is 1. The van der Waals surface area contributed by atoms with Gasteiger partial charge >= 0.3 is 6.03 Å². The Labute approximate surface area is 116 Å². The summed E-state index contributed by atoms with van der Waals surface area (Å²) in [5.41, 5.74) is 0.516. The lowest BCUT2D eigenvalue weighted by molar-refractivity contribution is 0.122. The van der Waals surface area contributed by atoms with Crippen LogP contribution in [0.2, 0.25) is 0 Å². The first-order valence-corrected chi connectivity index (χ1v) is 7.53. The molecule has 0 aliphatic heterocycles. The van der Waals surface area contributed by atoms with Gasteiger partial charge in [-0.2, -0.15) is 0 Å². The third-order valence-corrected chi connectivity index (χ3v) is 6.15. The third-order valence-electron chi connectivity index (χ3n) is 6.15. The van der Waals surface area contributed by atoms with Crippen molar-refractivity contribution < 1.29 is 9.90 Å². The standard InChI is InChI=1S/C15H28N2O2/c1-5-11(9-18)16-13(19)17-12-8-10-6-7-15(12,4)14(10,2)3/h10-12,18H,5-9H2,1-4H3,(H2,16,17,19). The molecule has 0 aromatic rings. The van der Waals surface area contributed by atoms with E-state index < -0.39 is 0 Å². The van der Waals surface area contributed by atoms with Gasteiger partial charge in [-0.3, -0.25) is 0 Å². The van der Waals surface area contributed by atoms with Crippen LogP contribution in [-0.4, -0.2) is 29.8 Å². The highest BCUT2D eigenvalue weighted by Crippen LogP contribution is 2.65. The zero-order chi connectivity index (χ0) is 14.3. The molecule has 2 aliphatic carbocycles. The maximum atomic E-state index is 12.0. The number of aliphatic hydroxyl groups excluding tert-OH is 1. The van der Waals surface area contributed by atoms with Crippen LogP contribution < -0.4 is 10.6 Å². The van der Waals surface area contributed by atoms with Crippen molar-refractivity contribution in [1.82, 2.24) is 10.6 Å². The van der Waals surface area contributed by atoms with Crippen LogP contribution in [0.3, 0.4) is 0 Å². The van der Waals surface area contributed by atoms with E-state index in [2.05, 4.69) is 31.4 Å². The van der Waals surface area contributed by atoms with Gasteiger partial charge in [0.15, 0.2) is 0 Å². The van der Waals surface area contributed by atoms with Crippen molar-refractivity contribution >= 4 is 6.03 Å². The van der Waals surface area contributed by atoms with E-state index in [4.69, 9.17) is 5.11 Å². The first-order chi connectivity index (χ1) is 8.85.